The highest BCUT2D eigenvalue weighted by Gasteiger charge is 2.39. The van der Waals surface area contributed by atoms with E-state index in [4.69, 9.17) is 10.6 Å². The molecule has 21 heavy (non-hydrogen) atoms. The number of fused-ring (bicyclic) bond motifs is 2. The van der Waals surface area contributed by atoms with Gasteiger partial charge in [0.15, 0.2) is 0 Å². The number of nitrogens with one attached hydrogen (secondary N) is 2. The molecule has 2 bridgehead atoms. The Hall–Kier alpha value is -1.63. The van der Waals surface area contributed by atoms with E-state index in [0.29, 0.717) is 17.9 Å². The number of nitrogens with zero attached hydrogens (tertiary/aromatic N) is 3. The normalized spacial score (nSPS) is 27.1. The van der Waals surface area contributed by atoms with Crippen molar-refractivity contribution in [1.82, 2.24) is 15.0 Å². The minimum Gasteiger partial charge on any atom is -0.461 e. The van der Waals surface area contributed by atoms with Gasteiger partial charge in [-0.1, -0.05) is 6.42 Å². The van der Waals surface area contributed by atoms with Gasteiger partial charge in [-0.15, -0.1) is 0 Å². The molecule has 3 unspecified atom stereocenters. The van der Waals surface area contributed by atoms with Crippen molar-refractivity contribution < 1.29 is 4.74 Å². The Labute approximate surface area is 125 Å². The van der Waals surface area contributed by atoms with E-state index in [9.17, 15) is 0 Å². The van der Waals surface area contributed by atoms with E-state index < -0.39 is 0 Å². The number of ether oxygens (including phenoxy) is 1. The number of rotatable bonds is 6. The molecule has 0 spiro atoms. The zero-order valence-electron chi connectivity index (χ0n) is 12.7. The molecule has 2 saturated carbocycles. The van der Waals surface area contributed by atoms with Gasteiger partial charge in [0.2, 0.25) is 11.9 Å². The predicted octanol–water partition coefficient (Wildman–Crippen LogP) is 1.79. The van der Waals surface area contributed by atoms with Crippen molar-refractivity contribution >= 4 is 11.9 Å². The van der Waals surface area contributed by atoms with E-state index in [2.05, 4.69) is 25.7 Å². The summed E-state index contributed by atoms with van der Waals surface area (Å²) in [6, 6.07) is 0.295. The summed E-state index contributed by atoms with van der Waals surface area (Å²) in [4.78, 5) is 12.6. The number of nitrogen functional groups attached to an aromatic ring is 1. The Balaban J connectivity index is 1.63. The van der Waals surface area contributed by atoms with Crippen LogP contribution in [0.1, 0.15) is 39.5 Å². The van der Waals surface area contributed by atoms with Crippen LogP contribution in [0.3, 0.4) is 0 Å². The molecule has 2 aliphatic carbocycles. The summed E-state index contributed by atoms with van der Waals surface area (Å²) in [6.07, 6.45) is 5.55. The third-order valence-electron chi connectivity index (χ3n) is 4.49. The maximum atomic E-state index is 5.52. The summed E-state index contributed by atoms with van der Waals surface area (Å²) in [7, 11) is 0. The highest BCUT2D eigenvalue weighted by molar-refractivity contribution is 5.35. The second-order valence-corrected chi connectivity index (χ2v) is 6.39. The Morgan fingerprint density at radius 1 is 1.19 bits per heavy atom. The molecule has 3 rings (SSSR count). The molecule has 1 heterocycles. The molecule has 7 nitrogen and oxygen atoms in total. The topological polar surface area (TPSA) is 98.0 Å². The molecule has 0 saturated heterocycles. The fourth-order valence-corrected chi connectivity index (χ4v) is 3.61. The molecule has 2 fully saturated rings. The van der Waals surface area contributed by atoms with E-state index >= 15 is 0 Å². The Kier molecular flexibility index (Phi) is 4.10. The zero-order chi connectivity index (χ0) is 14.8. The minimum absolute atomic E-state index is 0.0106. The molecule has 0 aromatic carbocycles. The molecule has 3 atom stereocenters. The van der Waals surface area contributed by atoms with Gasteiger partial charge in [0.1, 0.15) is 0 Å². The molecule has 2 aliphatic rings. The van der Waals surface area contributed by atoms with E-state index in [1.807, 2.05) is 13.8 Å². The van der Waals surface area contributed by atoms with Gasteiger partial charge in [-0.2, -0.15) is 15.0 Å². The maximum absolute atomic E-state index is 5.52. The summed E-state index contributed by atoms with van der Waals surface area (Å²) in [5, 5.41) is 3.32. The van der Waals surface area contributed by atoms with Crippen molar-refractivity contribution in [3.05, 3.63) is 0 Å². The van der Waals surface area contributed by atoms with Gasteiger partial charge in [-0.25, -0.2) is 5.84 Å². The fraction of sp³-hybridized carbons (Fsp3) is 0.786. The summed E-state index contributed by atoms with van der Waals surface area (Å²) < 4.78 is 5.52. The van der Waals surface area contributed by atoms with Gasteiger partial charge >= 0.3 is 6.01 Å². The van der Waals surface area contributed by atoms with Crippen molar-refractivity contribution in [2.75, 3.05) is 17.3 Å². The second-order valence-electron chi connectivity index (χ2n) is 6.39. The average Bonchev–Trinajstić information content (AvgIpc) is 3.06. The third-order valence-corrected chi connectivity index (χ3v) is 4.49. The van der Waals surface area contributed by atoms with Gasteiger partial charge in [0, 0.05) is 6.54 Å². The van der Waals surface area contributed by atoms with Gasteiger partial charge in [0.25, 0.3) is 0 Å². The molecule has 1 aromatic heterocycles. The summed E-state index contributed by atoms with van der Waals surface area (Å²) in [5.41, 5.74) is 2.45. The first-order chi connectivity index (χ1) is 10.1. The van der Waals surface area contributed by atoms with E-state index in [1.54, 1.807) is 0 Å². The van der Waals surface area contributed by atoms with Crippen LogP contribution in [0.5, 0.6) is 6.01 Å². The number of anilines is 2. The van der Waals surface area contributed by atoms with Crippen LogP contribution in [0.15, 0.2) is 0 Å². The van der Waals surface area contributed by atoms with Gasteiger partial charge < -0.3 is 10.1 Å². The van der Waals surface area contributed by atoms with Crippen molar-refractivity contribution in [1.29, 1.82) is 0 Å². The van der Waals surface area contributed by atoms with Gasteiger partial charge in [0.05, 0.1) is 6.10 Å². The summed E-state index contributed by atoms with van der Waals surface area (Å²) in [5.74, 6) is 8.80. The molecular weight excluding hydrogens is 268 g/mol. The monoisotopic (exact) mass is 292 g/mol. The number of nitrogens with two attached hydrogens (primary N) is 1. The second kappa shape index (κ2) is 6.01. The van der Waals surface area contributed by atoms with Crippen LogP contribution in [0, 0.1) is 17.8 Å². The lowest BCUT2D eigenvalue weighted by Crippen LogP contribution is -2.22. The molecule has 0 amide bonds. The highest BCUT2D eigenvalue weighted by atomic mass is 16.5. The fourth-order valence-electron chi connectivity index (χ4n) is 3.61. The minimum atomic E-state index is 0.0106. The van der Waals surface area contributed by atoms with Crippen molar-refractivity contribution in [3.63, 3.8) is 0 Å². The van der Waals surface area contributed by atoms with Gasteiger partial charge in [-0.3, -0.25) is 5.43 Å². The van der Waals surface area contributed by atoms with Crippen LogP contribution >= 0.6 is 0 Å². The van der Waals surface area contributed by atoms with Gasteiger partial charge in [-0.05, 0) is 50.9 Å². The number of hydrazine groups is 1. The standard InChI is InChI=1S/C14H24N6O/c1-8(2)21-14-18-12(17-13(19-14)20-15)16-7-11-6-9-3-4-10(11)5-9/h8-11H,3-7,15H2,1-2H3,(H2,16,17,18,19,20). The first kappa shape index (κ1) is 14.3. The number of aromatic nitrogens is 3. The summed E-state index contributed by atoms with van der Waals surface area (Å²) in [6.45, 7) is 4.78. The van der Waals surface area contributed by atoms with E-state index in [0.717, 1.165) is 24.3 Å². The molecule has 4 N–H and O–H groups in total. The van der Waals surface area contributed by atoms with Crippen LogP contribution in [-0.4, -0.2) is 27.6 Å². The largest absolute Gasteiger partial charge is 0.461 e. The highest BCUT2D eigenvalue weighted by Crippen LogP contribution is 2.48. The van der Waals surface area contributed by atoms with Crippen molar-refractivity contribution in [3.8, 4) is 6.01 Å². The van der Waals surface area contributed by atoms with Crippen molar-refractivity contribution in [2.45, 2.75) is 45.6 Å². The first-order valence-corrected chi connectivity index (χ1v) is 7.77. The Morgan fingerprint density at radius 3 is 2.62 bits per heavy atom. The van der Waals surface area contributed by atoms with Crippen LogP contribution in [0.25, 0.3) is 0 Å². The molecule has 0 aliphatic heterocycles. The SMILES string of the molecule is CC(C)Oc1nc(NN)nc(NCC2CC3CCC2C3)n1. The molecule has 116 valence electrons. The molecular formula is C14H24N6O. The van der Waals surface area contributed by atoms with Crippen LogP contribution < -0.4 is 21.3 Å². The lowest BCUT2D eigenvalue weighted by atomic mass is 9.89. The van der Waals surface area contributed by atoms with Crippen LogP contribution in [0.2, 0.25) is 0 Å². The Bertz CT molecular complexity index is 494. The van der Waals surface area contributed by atoms with E-state index in [1.165, 1.54) is 25.7 Å². The van der Waals surface area contributed by atoms with Crippen LogP contribution in [0.4, 0.5) is 11.9 Å². The van der Waals surface area contributed by atoms with E-state index in [-0.39, 0.29) is 6.10 Å². The zero-order valence-corrected chi connectivity index (χ0v) is 12.7. The first-order valence-electron chi connectivity index (χ1n) is 7.77. The summed E-state index contributed by atoms with van der Waals surface area (Å²) >= 11 is 0. The lowest BCUT2D eigenvalue weighted by molar-refractivity contribution is 0.222. The Morgan fingerprint density at radius 2 is 2.00 bits per heavy atom. The van der Waals surface area contributed by atoms with Crippen LogP contribution in [-0.2, 0) is 0 Å². The molecule has 7 heteroatoms. The average molecular weight is 292 g/mol. The number of hydrogen-bond donors (Lipinski definition) is 3. The van der Waals surface area contributed by atoms with Crippen molar-refractivity contribution in [2.24, 2.45) is 23.6 Å². The molecule has 0 radical (unpaired) electrons. The molecule has 1 aromatic rings. The quantitative estimate of drug-likeness (QED) is 0.543. The smallest absolute Gasteiger partial charge is 0.323 e. The predicted molar refractivity (Wildman–Crippen MR) is 80.8 cm³/mol. The lowest BCUT2D eigenvalue weighted by Gasteiger charge is -2.21. The maximum Gasteiger partial charge on any atom is 0.323 e. The number of hydrogen-bond acceptors (Lipinski definition) is 7. The third kappa shape index (κ3) is 3.34.